The van der Waals surface area contributed by atoms with E-state index in [1.165, 1.54) is 24.8 Å². The molecule has 0 radical (unpaired) electrons. The third-order valence-electron chi connectivity index (χ3n) is 4.62. The summed E-state index contributed by atoms with van der Waals surface area (Å²) in [6, 6.07) is 8.09. The fourth-order valence-corrected chi connectivity index (χ4v) is 3.10. The Balaban J connectivity index is 1.67. The summed E-state index contributed by atoms with van der Waals surface area (Å²) in [5.74, 6) is 0.125. The van der Waals surface area contributed by atoms with Crippen LogP contribution in [0.5, 0.6) is 0 Å². The van der Waals surface area contributed by atoms with Crippen LogP contribution in [0.25, 0.3) is 0 Å². The molecule has 1 saturated carbocycles. The Labute approximate surface area is 114 Å². The monoisotopic (exact) mass is 258 g/mol. The number of nitrogens with one attached hydrogen (secondary N) is 2. The van der Waals surface area contributed by atoms with Gasteiger partial charge in [-0.3, -0.25) is 4.79 Å². The molecule has 3 heteroatoms. The standard InChI is InChI=1S/C16H22N2O/c1-16(8-4-9-16)11-18-15(19)14-13-6-3-2-5-12(13)7-10-17-14/h2-3,5-6,14,17H,4,7-11H2,1H3,(H,18,19). The molecule has 1 atom stereocenters. The highest BCUT2D eigenvalue weighted by molar-refractivity contribution is 5.84. The van der Waals surface area contributed by atoms with Crippen LogP contribution in [-0.2, 0) is 11.2 Å². The number of fused-ring (bicyclic) bond motifs is 1. The van der Waals surface area contributed by atoms with Crippen LogP contribution in [0.2, 0.25) is 0 Å². The van der Waals surface area contributed by atoms with Crippen molar-refractivity contribution in [2.45, 2.75) is 38.6 Å². The van der Waals surface area contributed by atoms with Gasteiger partial charge in [0.25, 0.3) is 0 Å². The van der Waals surface area contributed by atoms with Crippen LogP contribution in [0.4, 0.5) is 0 Å². The third-order valence-corrected chi connectivity index (χ3v) is 4.62. The first-order valence-corrected chi connectivity index (χ1v) is 7.27. The van der Waals surface area contributed by atoms with Gasteiger partial charge in [-0.15, -0.1) is 0 Å². The van der Waals surface area contributed by atoms with E-state index in [9.17, 15) is 4.79 Å². The molecule has 19 heavy (non-hydrogen) atoms. The van der Waals surface area contributed by atoms with E-state index in [0.717, 1.165) is 25.1 Å². The summed E-state index contributed by atoms with van der Waals surface area (Å²) < 4.78 is 0. The summed E-state index contributed by atoms with van der Waals surface area (Å²) in [4.78, 5) is 12.4. The molecule has 1 aliphatic carbocycles. The SMILES string of the molecule is CC1(CNC(=O)C2NCCc3ccccc32)CCC1. The Kier molecular flexibility index (Phi) is 3.31. The van der Waals surface area contributed by atoms with Gasteiger partial charge in [0.1, 0.15) is 6.04 Å². The van der Waals surface area contributed by atoms with Crippen molar-refractivity contribution in [2.24, 2.45) is 5.41 Å². The van der Waals surface area contributed by atoms with Crippen molar-refractivity contribution >= 4 is 5.91 Å². The summed E-state index contributed by atoms with van der Waals surface area (Å²) in [6.45, 7) is 3.96. The molecule has 1 fully saturated rings. The number of hydrogen-bond donors (Lipinski definition) is 2. The molecule has 0 spiro atoms. The largest absolute Gasteiger partial charge is 0.354 e. The first-order chi connectivity index (χ1) is 9.18. The van der Waals surface area contributed by atoms with E-state index in [2.05, 4.69) is 35.8 Å². The van der Waals surface area contributed by atoms with Gasteiger partial charge in [-0.1, -0.05) is 37.6 Å². The molecular formula is C16H22N2O. The number of rotatable bonds is 3. The van der Waals surface area contributed by atoms with Gasteiger partial charge in [-0.25, -0.2) is 0 Å². The van der Waals surface area contributed by atoms with E-state index >= 15 is 0 Å². The van der Waals surface area contributed by atoms with Crippen molar-refractivity contribution in [3.05, 3.63) is 35.4 Å². The molecule has 3 nitrogen and oxygen atoms in total. The van der Waals surface area contributed by atoms with Gasteiger partial charge in [0, 0.05) is 13.1 Å². The summed E-state index contributed by atoms with van der Waals surface area (Å²) >= 11 is 0. The molecule has 3 rings (SSSR count). The predicted octanol–water partition coefficient (Wildman–Crippen LogP) is 2.18. The third kappa shape index (κ3) is 2.52. The molecule has 1 unspecified atom stereocenters. The normalized spacial score (nSPS) is 24.2. The van der Waals surface area contributed by atoms with Crippen LogP contribution in [0.3, 0.4) is 0 Å². The molecule has 1 heterocycles. The second kappa shape index (κ2) is 4.97. The van der Waals surface area contributed by atoms with Crippen molar-refractivity contribution in [3.63, 3.8) is 0 Å². The lowest BCUT2D eigenvalue weighted by Crippen LogP contribution is -2.46. The molecular weight excluding hydrogens is 236 g/mol. The highest BCUT2D eigenvalue weighted by atomic mass is 16.2. The van der Waals surface area contributed by atoms with Crippen LogP contribution >= 0.6 is 0 Å². The maximum absolute atomic E-state index is 12.4. The summed E-state index contributed by atoms with van der Waals surface area (Å²) in [7, 11) is 0. The molecule has 2 N–H and O–H groups in total. The average Bonchev–Trinajstić information content (AvgIpc) is 2.42. The quantitative estimate of drug-likeness (QED) is 0.872. The molecule has 1 amide bonds. The second-order valence-corrected chi connectivity index (χ2v) is 6.22. The smallest absolute Gasteiger partial charge is 0.241 e. The predicted molar refractivity (Wildman–Crippen MR) is 75.9 cm³/mol. The highest BCUT2D eigenvalue weighted by Gasteiger charge is 2.33. The second-order valence-electron chi connectivity index (χ2n) is 6.22. The summed E-state index contributed by atoms with van der Waals surface area (Å²) in [5.41, 5.74) is 2.78. The summed E-state index contributed by atoms with van der Waals surface area (Å²) in [5, 5.41) is 6.47. The Hall–Kier alpha value is -1.35. The van der Waals surface area contributed by atoms with Crippen LogP contribution < -0.4 is 10.6 Å². The molecule has 1 aromatic rings. The van der Waals surface area contributed by atoms with E-state index in [-0.39, 0.29) is 11.9 Å². The van der Waals surface area contributed by atoms with Gasteiger partial charge in [-0.2, -0.15) is 0 Å². The average molecular weight is 258 g/mol. The van der Waals surface area contributed by atoms with E-state index in [4.69, 9.17) is 0 Å². The number of carbonyl (C=O) groups is 1. The molecule has 0 bridgehead atoms. The minimum Gasteiger partial charge on any atom is -0.354 e. The van der Waals surface area contributed by atoms with Crippen LogP contribution in [0.1, 0.15) is 43.4 Å². The van der Waals surface area contributed by atoms with Gasteiger partial charge in [-0.05, 0) is 35.8 Å². The highest BCUT2D eigenvalue weighted by Crippen LogP contribution is 2.39. The van der Waals surface area contributed by atoms with E-state index in [1.807, 2.05) is 6.07 Å². The number of hydrogen-bond acceptors (Lipinski definition) is 2. The van der Waals surface area contributed by atoms with Crippen molar-refractivity contribution in [2.75, 3.05) is 13.1 Å². The molecule has 0 aromatic heterocycles. The molecule has 1 aliphatic heterocycles. The molecule has 1 aromatic carbocycles. The fraction of sp³-hybridized carbons (Fsp3) is 0.562. The Morgan fingerprint density at radius 1 is 1.42 bits per heavy atom. The lowest BCUT2D eigenvalue weighted by molar-refractivity contribution is -0.124. The lowest BCUT2D eigenvalue weighted by atomic mass is 9.70. The van der Waals surface area contributed by atoms with Gasteiger partial charge >= 0.3 is 0 Å². The zero-order chi connectivity index (χ0) is 13.3. The first-order valence-electron chi connectivity index (χ1n) is 7.27. The van der Waals surface area contributed by atoms with E-state index in [1.54, 1.807) is 0 Å². The Morgan fingerprint density at radius 3 is 2.95 bits per heavy atom. The zero-order valence-corrected chi connectivity index (χ0v) is 11.5. The molecule has 102 valence electrons. The molecule has 0 saturated heterocycles. The zero-order valence-electron chi connectivity index (χ0n) is 11.5. The Bertz CT molecular complexity index is 479. The topological polar surface area (TPSA) is 41.1 Å². The van der Waals surface area contributed by atoms with Crippen molar-refractivity contribution in [1.82, 2.24) is 10.6 Å². The van der Waals surface area contributed by atoms with E-state index < -0.39 is 0 Å². The van der Waals surface area contributed by atoms with Gasteiger partial charge in [0.2, 0.25) is 5.91 Å². The fourth-order valence-electron chi connectivity index (χ4n) is 3.10. The number of benzene rings is 1. The lowest BCUT2D eigenvalue weighted by Gasteiger charge is -2.39. The Morgan fingerprint density at radius 2 is 2.21 bits per heavy atom. The number of amides is 1. The maximum Gasteiger partial charge on any atom is 0.241 e. The van der Waals surface area contributed by atoms with Gasteiger partial charge < -0.3 is 10.6 Å². The van der Waals surface area contributed by atoms with Crippen LogP contribution in [-0.4, -0.2) is 19.0 Å². The summed E-state index contributed by atoms with van der Waals surface area (Å²) in [6.07, 6.45) is 4.79. The van der Waals surface area contributed by atoms with Crippen LogP contribution in [0, 0.1) is 5.41 Å². The number of carbonyl (C=O) groups excluding carboxylic acids is 1. The van der Waals surface area contributed by atoms with Gasteiger partial charge in [0.15, 0.2) is 0 Å². The minimum atomic E-state index is -0.173. The van der Waals surface area contributed by atoms with E-state index in [0.29, 0.717) is 5.41 Å². The molecule has 2 aliphatic rings. The first kappa shape index (κ1) is 12.7. The maximum atomic E-state index is 12.4. The van der Waals surface area contributed by atoms with Crippen molar-refractivity contribution in [3.8, 4) is 0 Å². The van der Waals surface area contributed by atoms with Crippen molar-refractivity contribution < 1.29 is 4.79 Å². The van der Waals surface area contributed by atoms with Gasteiger partial charge in [0.05, 0.1) is 0 Å². The van der Waals surface area contributed by atoms with Crippen molar-refractivity contribution in [1.29, 1.82) is 0 Å². The minimum absolute atomic E-state index is 0.125. The van der Waals surface area contributed by atoms with Crippen LogP contribution in [0.15, 0.2) is 24.3 Å².